The van der Waals surface area contributed by atoms with Crippen molar-refractivity contribution in [1.82, 2.24) is 5.32 Å². The summed E-state index contributed by atoms with van der Waals surface area (Å²) in [7, 11) is 0. The van der Waals surface area contributed by atoms with Crippen LogP contribution in [0.15, 0.2) is 18.2 Å². The van der Waals surface area contributed by atoms with E-state index in [0.29, 0.717) is 12.5 Å². The van der Waals surface area contributed by atoms with E-state index in [9.17, 15) is 5.11 Å². The zero-order valence-electron chi connectivity index (χ0n) is 11.2. The summed E-state index contributed by atoms with van der Waals surface area (Å²) in [5.41, 5.74) is 0.974. The molecule has 4 heteroatoms. The highest BCUT2D eigenvalue weighted by atomic mass is 35.5. The van der Waals surface area contributed by atoms with Gasteiger partial charge in [0.1, 0.15) is 18.5 Å². The summed E-state index contributed by atoms with van der Waals surface area (Å²) in [4.78, 5) is 0. The van der Waals surface area contributed by atoms with Crippen LogP contribution in [-0.2, 0) is 0 Å². The van der Waals surface area contributed by atoms with Crippen molar-refractivity contribution in [3.63, 3.8) is 0 Å². The van der Waals surface area contributed by atoms with Gasteiger partial charge in [-0.3, -0.25) is 0 Å². The number of nitrogens with one attached hydrogen (secondary N) is 1. The number of aliphatic hydroxyl groups is 1. The molecule has 0 fully saturated rings. The normalized spacial score (nSPS) is 12.8. The third-order valence-corrected chi connectivity index (χ3v) is 2.93. The molecule has 0 aliphatic rings. The van der Waals surface area contributed by atoms with Crippen molar-refractivity contribution in [3.05, 3.63) is 28.8 Å². The van der Waals surface area contributed by atoms with Crippen LogP contribution in [0, 0.1) is 12.8 Å². The van der Waals surface area contributed by atoms with E-state index in [0.717, 1.165) is 22.9 Å². The number of aryl methyl sites for hydroxylation is 1. The van der Waals surface area contributed by atoms with Crippen molar-refractivity contribution in [2.24, 2.45) is 5.92 Å². The van der Waals surface area contributed by atoms with E-state index >= 15 is 0 Å². The Kier molecular flexibility index (Phi) is 6.47. The lowest BCUT2D eigenvalue weighted by molar-refractivity contribution is 0.106. The number of benzene rings is 1. The molecule has 3 nitrogen and oxygen atoms in total. The molecule has 1 atom stereocenters. The summed E-state index contributed by atoms with van der Waals surface area (Å²) in [6, 6.07) is 5.48. The Balaban J connectivity index is 2.29. The monoisotopic (exact) mass is 271 g/mol. The number of hydrogen-bond acceptors (Lipinski definition) is 3. The topological polar surface area (TPSA) is 41.5 Å². The number of aliphatic hydroxyl groups excluding tert-OH is 1. The van der Waals surface area contributed by atoms with E-state index in [1.54, 1.807) is 6.07 Å². The Morgan fingerprint density at radius 1 is 1.33 bits per heavy atom. The largest absolute Gasteiger partial charge is 0.491 e. The van der Waals surface area contributed by atoms with Crippen LogP contribution >= 0.6 is 11.6 Å². The molecular formula is C14H22ClNO2. The van der Waals surface area contributed by atoms with Gasteiger partial charge < -0.3 is 15.2 Å². The molecule has 0 radical (unpaired) electrons. The number of ether oxygens (including phenoxy) is 1. The van der Waals surface area contributed by atoms with Gasteiger partial charge in [0.15, 0.2) is 0 Å². The van der Waals surface area contributed by atoms with E-state index in [-0.39, 0.29) is 6.61 Å². The van der Waals surface area contributed by atoms with Gasteiger partial charge in [0.2, 0.25) is 0 Å². The third kappa shape index (κ3) is 5.71. The zero-order chi connectivity index (χ0) is 13.5. The maximum atomic E-state index is 9.73. The predicted octanol–water partition coefficient (Wildman–Crippen LogP) is 2.63. The van der Waals surface area contributed by atoms with Gasteiger partial charge in [-0.05, 0) is 43.1 Å². The molecule has 2 N–H and O–H groups in total. The Morgan fingerprint density at radius 2 is 2.06 bits per heavy atom. The van der Waals surface area contributed by atoms with Crippen molar-refractivity contribution in [2.75, 3.05) is 19.7 Å². The van der Waals surface area contributed by atoms with Crippen molar-refractivity contribution >= 4 is 11.6 Å². The van der Waals surface area contributed by atoms with Crippen LogP contribution in [-0.4, -0.2) is 30.9 Å². The maximum absolute atomic E-state index is 9.73. The molecule has 0 spiro atoms. The SMILES string of the molecule is Cc1cc(OCC(O)CNCC(C)C)ccc1Cl. The molecule has 0 bridgehead atoms. The van der Waals surface area contributed by atoms with Crippen molar-refractivity contribution in [1.29, 1.82) is 0 Å². The highest BCUT2D eigenvalue weighted by molar-refractivity contribution is 6.31. The van der Waals surface area contributed by atoms with Gasteiger partial charge in [0.05, 0.1) is 0 Å². The molecule has 1 aromatic carbocycles. The fourth-order valence-corrected chi connectivity index (χ4v) is 1.61. The van der Waals surface area contributed by atoms with E-state index < -0.39 is 6.10 Å². The Morgan fingerprint density at radius 3 is 2.67 bits per heavy atom. The summed E-state index contributed by atoms with van der Waals surface area (Å²) >= 11 is 5.93. The lowest BCUT2D eigenvalue weighted by atomic mass is 10.2. The fourth-order valence-electron chi connectivity index (χ4n) is 1.50. The molecule has 0 heterocycles. The van der Waals surface area contributed by atoms with Crippen LogP contribution in [0.5, 0.6) is 5.75 Å². The van der Waals surface area contributed by atoms with Gasteiger partial charge in [0, 0.05) is 11.6 Å². The summed E-state index contributed by atoms with van der Waals surface area (Å²) in [6.45, 7) is 7.92. The van der Waals surface area contributed by atoms with Crippen LogP contribution in [0.25, 0.3) is 0 Å². The van der Waals surface area contributed by atoms with Crippen LogP contribution in [0.1, 0.15) is 19.4 Å². The highest BCUT2D eigenvalue weighted by Gasteiger charge is 2.06. The van der Waals surface area contributed by atoms with Crippen LogP contribution < -0.4 is 10.1 Å². The van der Waals surface area contributed by atoms with Gasteiger partial charge >= 0.3 is 0 Å². The van der Waals surface area contributed by atoms with E-state index in [1.165, 1.54) is 0 Å². The van der Waals surface area contributed by atoms with Crippen molar-refractivity contribution in [3.8, 4) is 5.75 Å². The molecule has 1 unspecified atom stereocenters. The minimum atomic E-state index is -0.500. The van der Waals surface area contributed by atoms with Gasteiger partial charge in [-0.2, -0.15) is 0 Å². The quantitative estimate of drug-likeness (QED) is 0.801. The Hall–Kier alpha value is -0.770. The van der Waals surface area contributed by atoms with Crippen LogP contribution in [0.3, 0.4) is 0 Å². The molecule has 0 amide bonds. The van der Waals surface area contributed by atoms with E-state index in [4.69, 9.17) is 16.3 Å². The number of halogens is 1. The summed E-state index contributed by atoms with van der Waals surface area (Å²) < 4.78 is 5.51. The molecular weight excluding hydrogens is 250 g/mol. The molecule has 0 saturated heterocycles. The highest BCUT2D eigenvalue weighted by Crippen LogP contribution is 2.20. The molecule has 0 saturated carbocycles. The van der Waals surface area contributed by atoms with Crippen molar-refractivity contribution < 1.29 is 9.84 Å². The summed E-state index contributed by atoms with van der Waals surface area (Å²) in [5.74, 6) is 1.32. The van der Waals surface area contributed by atoms with Crippen molar-refractivity contribution in [2.45, 2.75) is 26.9 Å². The third-order valence-electron chi connectivity index (χ3n) is 2.50. The molecule has 0 aliphatic carbocycles. The van der Waals surface area contributed by atoms with Gasteiger partial charge in [-0.1, -0.05) is 25.4 Å². The molecule has 18 heavy (non-hydrogen) atoms. The maximum Gasteiger partial charge on any atom is 0.119 e. The van der Waals surface area contributed by atoms with E-state index in [2.05, 4.69) is 19.2 Å². The lowest BCUT2D eigenvalue weighted by Crippen LogP contribution is -2.33. The average Bonchev–Trinajstić information content (AvgIpc) is 2.30. The first kappa shape index (κ1) is 15.3. The molecule has 0 aromatic heterocycles. The molecule has 102 valence electrons. The van der Waals surface area contributed by atoms with Crippen LogP contribution in [0.4, 0.5) is 0 Å². The second-order valence-electron chi connectivity index (χ2n) is 4.93. The van der Waals surface area contributed by atoms with E-state index in [1.807, 2.05) is 19.1 Å². The Bertz CT molecular complexity index is 369. The summed E-state index contributed by atoms with van der Waals surface area (Å²) in [6.07, 6.45) is -0.500. The second-order valence-corrected chi connectivity index (χ2v) is 5.34. The predicted molar refractivity (Wildman–Crippen MR) is 75.4 cm³/mol. The fraction of sp³-hybridized carbons (Fsp3) is 0.571. The molecule has 1 aromatic rings. The number of hydrogen-bond donors (Lipinski definition) is 2. The van der Waals surface area contributed by atoms with Gasteiger partial charge in [0.25, 0.3) is 0 Å². The minimum absolute atomic E-state index is 0.284. The zero-order valence-corrected chi connectivity index (χ0v) is 12.0. The molecule has 1 rings (SSSR count). The van der Waals surface area contributed by atoms with Gasteiger partial charge in [-0.15, -0.1) is 0 Å². The Labute approximate surface area is 114 Å². The second kappa shape index (κ2) is 7.62. The average molecular weight is 272 g/mol. The number of rotatable bonds is 7. The van der Waals surface area contributed by atoms with Gasteiger partial charge in [-0.25, -0.2) is 0 Å². The van der Waals surface area contributed by atoms with Crippen LogP contribution in [0.2, 0.25) is 5.02 Å². The summed E-state index contributed by atoms with van der Waals surface area (Å²) in [5, 5.41) is 13.6. The smallest absolute Gasteiger partial charge is 0.119 e. The minimum Gasteiger partial charge on any atom is -0.491 e. The first-order valence-corrected chi connectivity index (χ1v) is 6.64. The standard InChI is InChI=1S/C14H22ClNO2/c1-10(2)7-16-8-12(17)9-18-13-4-5-14(15)11(3)6-13/h4-6,10,12,16-17H,7-9H2,1-3H3. The molecule has 0 aliphatic heterocycles. The lowest BCUT2D eigenvalue weighted by Gasteiger charge is -2.14. The first-order chi connectivity index (χ1) is 8.49. The first-order valence-electron chi connectivity index (χ1n) is 6.26.